The molecule has 0 aromatic heterocycles. The van der Waals surface area contributed by atoms with Crippen LogP contribution in [0.15, 0.2) is 48.5 Å². The van der Waals surface area contributed by atoms with E-state index in [1.165, 1.54) is 24.3 Å². The fourth-order valence-corrected chi connectivity index (χ4v) is 3.06. The molecule has 0 spiro atoms. The number of nitro groups is 1. The average Bonchev–Trinajstić information content (AvgIpc) is 3.27. The van der Waals surface area contributed by atoms with Gasteiger partial charge in [0.2, 0.25) is 0 Å². The van der Waals surface area contributed by atoms with Crippen molar-refractivity contribution >= 4 is 29.2 Å². The number of benzene rings is 2. The van der Waals surface area contributed by atoms with E-state index in [4.69, 9.17) is 4.74 Å². The average molecular weight is 397 g/mol. The van der Waals surface area contributed by atoms with Gasteiger partial charge in [0.05, 0.1) is 10.5 Å². The van der Waals surface area contributed by atoms with E-state index < -0.39 is 29.3 Å². The number of imide groups is 1. The summed E-state index contributed by atoms with van der Waals surface area (Å²) in [5.41, 5.74) is 0.516. The van der Waals surface area contributed by atoms with Gasteiger partial charge in [0.15, 0.2) is 6.61 Å². The Morgan fingerprint density at radius 3 is 2.38 bits per heavy atom. The first-order chi connectivity index (χ1) is 14.0. The zero-order chi connectivity index (χ0) is 20.8. The van der Waals surface area contributed by atoms with Crippen LogP contribution in [0.2, 0.25) is 0 Å². The van der Waals surface area contributed by atoms with Gasteiger partial charge >= 0.3 is 5.97 Å². The molecule has 3 rings (SSSR count). The molecule has 2 aromatic carbocycles. The molecule has 1 saturated heterocycles. The molecular formula is C20H19N3O6. The SMILES string of the molecule is O=C(COC(=O)c1ccc(N2CCCC2)c([N+](=O)[O-])c1)NC(=O)c1ccccc1. The maximum atomic E-state index is 12.2. The molecule has 1 N–H and O–H groups in total. The van der Waals surface area contributed by atoms with E-state index in [1.54, 1.807) is 18.2 Å². The fraction of sp³-hybridized carbons (Fsp3) is 0.250. The first kappa shape index (κ1) is 20.0. The van der Waals surface area contributed by atoms with Gasteiger partial charge < -0.3 is 9.64 Å². The number of carbonyl (C=O) groups is 3. The number of hydrogen-bond donors (Lipinski definition) is 1. The van der Waals surface area contributed by atoms with E-state index in [2.05, 4.69) is 5.32 Å². The Hall–Kier alpha value is -3.75. The zero-order valence-corrected chi connectivity index (χ0v) is 15.5. The lowest BCUT2D eigenvalue weighted by Crippen LogP contribution is -2.34. The molecule has 9 heteroatoms. The van der Waals surface area contributed by atoms with Crippen molar-refractivity contribution in [2.45, 2.75) is 12.8 Å². The molecule has 0 unspecified atom stereocenters. The maximum Gasteiger partial charge on any atom is 0.338 e. The molecule has 29 heavy (non-hydrogen) atoms. The van der Waals surface area contributed by atoms with Crippen LogP contribution in [0.25, 0.3) is 0 Å². The second kappa shape index (κ2) is 8.96. The van der Waals surface area contributed by atoms with Crippen LogP contribution >= 0.6 is 0 Å². The lowest BCUT2D eigenvalue weighted by atomic mass is 10.1. The third-order valence-electron chi connectivity index (χ3n) is 4.48. The molecule has 2 aromatic rings. The summed E-state index contributed by atoms with van der Waals surface area (Å²) in [6.45, 7) is 0.763. The topological polar surface area (TPSA) is 119 Å². The predicted octanol–water partition coefficient (Wildman–Crippen LogP) is 2.31. The van der Waals surface area contributed by atoms with Crippen LogP contribution in [0.4, 0.5) is 11.4 Å². The van der Waals surface area contributed by atoms with E-state index in [9.17, 15) is 24.5 Å². The minimum Gasteiger partial charge on any atom is -0.452 e. The summed E-state index contributed by atoms with van der Waals surface area (Å²) < 4.78 is 4.89. The summed E-state index contributed by atoms with van der Waals surface area (Å²) in [6, 6.07) is 12.2. The Kier molecular flexibility index (Phi) is 6.18. The first-order valence-corrected chi connectivity index (χ1v) is 9.05. The van der Waals surface area contributed by atoms with Crippen molar-refractivity contribution in [2.24, 2.45) is 0 Å². The molecule has 0 radical (unpaired) electrons. The van der Waals surface area contributed by atoms with Crippen molar-refractivity contribution < 1.29 is 24.0 Å². The number of amides is 2. The number of nitrogens with one attached hydrogen (secondary N) is 1. The van der Waals surface area contributed by atoms with Gasteiger partial charge in [-0.05, 0) is 37.1 Å². The molecule has 2 amide bonds. The highest BCUT2D eigenvalue weighted by atomic mass is 16.6. The van der Waals surface area contributed by atoms with Gasteiger partial charge in [-0.25, -0.2) is 4.79 Å². The molecule has 1 fully saturated rings. The number of hydrogen-bond acceptors (Lipinski definition) is 7. The van der Waals surface area contributed by atoms with E-state index in [1.807, 2.05) is 4.90 Å². The zero-order valence-electron chi connectivity index (χ0n) is 15.5. The molecule has 1 aliphatic rings. The summed E-state index contributed by atoms with van der Waals surface area (Å²) in [4.78, 5) is 48.7. The van der Waals surface area contributed by atoms with Crippen molar-refractivity contribution in [3.05, 3.63) is 69.8 Å². The number of carbonyl (C=O) groups excluding carboxylic acids is 3. The third kappa shape index (κ3) is 4.95. The minimum atomic E-state index is -0.886. The second-order valence-electron chi connectivity index (χ2n) is 6.47. The lowest BCUT2D eigenvalue weighted by Gasteiger charge is -2.17. The van der Waals surface area contributed by atoms with Gasteiger partial charge in [0, 0.05) is 24.7 Å². The summed E-state index contributed by atoms with van der Waals surface area (Å²) in [7, 11) is 0. The summed E-state index contributed by atoms with van der Waals surface area (Å²) >= 11 is 0. The summed E-state index contributed by atoms with van der Waals surface area (Å²) in [5, 5.41) is 13.5. The van der Waals surface area contributed by atoms with Gasteiger partial charge in [0.25, 0.3) is 17.5 Å². The van der Waals surface area contributed by atoms with E-state index in [-0.39, 0.29) is 11.3 Å². The van der Waals surface area contributed by atoms with Crippen molar-refractivity contribution in [1.82, 2.24) is 5.32 Å². The van der Waals surface area contributed by atoms with Crippen LogP contribution in [0.3, 0.4) is 0 Å². The number of anilines is 1. The number of esters is 1. The molecule has 0 bridgehead atoms. The number of nitro benzene ring substituents is 1. The molecule has 0 aliphatic carbocycles. The molecule has 9 nitrogen and oxygen atoms in total. The number of rotatable bonds is 6. The number of ether oxygens (including phenoxy) is 1. The molecule has 0 saturated carbocycles. The molecule has 1 heterocycles. The highest BCUT2D eigenvalue weighted by Gasteiger charge is 2.24. The highest BCUT2D eigenvalue weighted by Crippen LogP contribution is 2.31. The quantitative estimate of drug-likeness (QED) is 0.451. The second-order valence-corrected chi connectivity index (χ2v) is 6.47. The van der Waals surface area contributed by atoms with E-state index in [0.717, 1.165) is 32.0 Å². The Balaban J connectivity index is 1.61. The van der Waals surface area contributed by atoms with Crippen LogP contribution in [-0.4, -0.2) is 42.4 Å². The maximum absolute atomic E-state index is 12.2. The monoisotopic (exact) mass is 397 g/mol. The molecular weight excluding hydrogens is 378 g/mol. The normalized spacial score (nSPS) is 13.0. The fourth-order valence-electron chi connectivity index (χ4n) is 3.06. The van der Waals surface area contributed by atoms with Crippen molar-refractivity contribution in [2.75, 3.05) is 24.6 Å². The van der Waals surface area contributed by atoms with Crippen LogP contribution in [-0.2, 0) is 9.53 Å². The Morgan fingerprint density at radius 2 is 1.72 bits per heavy atom. The van der Waals surface area contributed by atoms with Gasteiger partial charge in [-0.1, -0.05) is 18.2 Å². The summed E-state index contributed by atoms with van der Waals surface area (Å²) in [6.07, 6.45) is 1.91. The number of nitrogens with zero attached hydrogens (tertiary/aromatic N) is 2. The Bertz CT molecular complexity index is 938. The Labute approximate surface area is 166 Å². The molecule has 0 atom stereocenters. The van der Waals surface area contributed by atoms with Crippen molar-refractivity contribution in [3.63, 3.8) is 0 Å². The summed E-state index contributed by atoms with van der Waals surface area (Å²) in [5.74, 6) is -2.30. The predicted molar refractivity (Wildman–Crippen MR) is 104 cm³/mol. The largest absolute Gasteiger partial charge is 0.452 e. The van der Waals surface area contributed by atoms with Gasteiger partial charge in [-0.2, -0.15) is 0 Å². The lowest BCUT2D eigenvalue weighted by molar-refractivity contribution is -0.384. The van der Waals surface area contributed by atoms with Crippen LogP contribution in [0.1, 0.15) is 33.6 Å². The van der Waals surface area contributed by atoms with Crippen LogP contribution < -0.4 is 10.2 Å². The van der Waals surface area contributed by atoms with Crippen molar-refractivity contribution in [1.29, 1.82) is 0 Å². The van der Waals surface area contributed by atoms with Crippen LogP contribution in [0, 0.1) is 10.1 Å². The van der Waals surface area contributed by atoms with Crippen molar-refractivity contribution in [3.8, 4) is 0 Å². The van der Waals surface area contributed by atoms with Crippen LogP contribution in [0.5, 0.6) is 0 Å². The minimum absolute atomic E-state index is 0.0400. The highest BCUT2D eigenvalue weighted by molar-refractivity contribution is 6.05. The van der Waals surface area contributed by atoms with Gasteiger partial charge in [0.1, 0.15) is 5.69 Å². The molecule has 1 aliphatic heterocycles. The smallest absolute Gasteiger partial charge is 0.338 e. The standard InChI is InChI=1S/C20H19N3O6/c24-18(21-19(25)14-6-2-1-3-7-14)13-29-20(26)15-8-9-16(17(12-15)23(27)28)22-10-4-5-11-22/h1-3,6-9,12H,4-5,10-11,13H2,(H,21,24,25). The van der Waals surface area contributed by atoms with Gasteiger partial charge in [-0.3, -0.25) is 25.0 Å². The molecule has 150 valence electrons. The van der Waals surface area contributed by atoms with E-state index in [0.29, 0.717) is 11.3 Å². The van der Waals surface area contributed by atoms with E-state index >= 15 is 0 Å². The van der Waals surface area contributed by atoms with Gasteiger partial charge in [-0.15, -0.1) is 0 Å². The first-order valence-electron chi connectivity index (χ1n) is 9.05. The third-order valence-corrected chi connectivity index (χ3v) is 4.48. The Morgan fingerprint density at radius 1 is 1.03 bits per heavy atom.